The lowest BCUT2D eigenvalue weighted by molar-refractivity contribution is -0.145. The first-order valence-corrected chi connectivity index (χ1v) is 10.4. The van der Waals surface area contributed by atoms with E-state index < -0.39 is 5.97 Å². The Kier molecular flexibility index (Phi) is 7.67. The van der Waals surface area contributed by atoms with Crippen molar-refractivity contribution in [2.45, 2.75) is 51.4 Å². The lowest BCUT2D eigenvalue weighted by atomic mass is 9.99. The molecule has 1 aliphatic rings. The van der Waals surface area contributed by atoms with Gasteiger partial charge in [0.2, 0.25) is 0 Å². The van der Waals surface area contributed by atoms with E-state index in [2.05, 4.69) is 29.2 Å². The molecule has 2 aromatic carbocycles. The van der Waals surface area contributed by atoms with E-state index in [0.717, 1.165) is 49.2 Å². The highest BCUT2D eigenvalue weighted by atomic mass is 16.5. The summed E-state index contributed by atoms with van der Waals surface area (Å²) in [6.45, 7) is 4.15. The Morgan fingerprint density at radius 3 is 2.45 bits per heavy atom. The predicted molar refractivity (Wildman–Crippen MR) is 114 cm³/mol. The fourth-order valence-electron chi connectivity index (χ4n) is 4.00. The van der Waals surface area contributed by atoms with Crippen LogP contribution in [0.25, 0.3) is 11.1 Å². The molecular formula is C24H31NO4. The molecule has 0 saturated carbocycles. The number of rotatable bonds is 9. The number of carboxylic acids is 1. The second-order valence-electron chi connectivity index (χ2n) is 7.57. The molecule has 0 aromatic heterocycles. The summed E-state index contributed by atoms with van der Waals surface area (Å²) in [6, 6.07) is 16.0. The van der Waals surface area contributed by atoms with Gasteiger partial charge < -0.3 is 14.6 Å². The first-order valence-electron chi connectivity index (χ1n) is 10.4. The molecule has 1 aliphatic heterocycles. The number of aliphatic carboxylic acids is 1. The molecule has 2 aromatic rings. The van der Waals surface area contributed by atoms with Gasteiger partial charge in [-0.1, -0.05) is 49.7 Å². The number of methoxy groups -OCH3 is 1. The van der Waals surface area contributed by atoms with Crippen LogP contribution in [0.2, 0.25) is 0 Å². The summed E-state index contributed by atoms with van der Waals surface area (Å²) in [7, 11) is 1.67. The van der Waals surface area contributed by atoms with Gasteiger partial charge in [-0.05, 0) is 48.1 Å². The van der Waals surface area contributed by atoms with Gasteiger partial charge in [-0.15, -0.1) is 0 Å². The quantitative estimate of drug-likeness (QED) is 0.670. The van der Waals surface area contributed by atoms with Crippen LogP contribution in [0.3, 0.4) is 0 Å². The molecule has 1 unspecified atom stereocenters. The van der Waals surface area contributed by atoms with E-state index >= 15 is 0 Å². The number of carbonyl (C=O) groups is 1. The number of nitrogens with zero attached hydrogens (tertiary/aromatic N) is 1. The number of benzene rings is 2. The Bertz CT molecular complexity index is 782. The predicted octanol–water partition coefficient (Wildman–Crippen LogP) is 4.60. The monoisotopic (exact) mass is 397 g/mol. The van der Waals surface area contributed by atoms with Gasteiger partial charge in [0.1, 0.15) is 11.8 Å². The second-order valence-corrected chi connectivity index (χ2v) is 7.57. The Hall–Kier alpha value is -2.37. The van der Waals surface area contributed by atoms with Crippen molar-refractivity contribution in [3.05, 3.63) is 54.1 Å². The van der Waals surface area contributed by atoms with Crippen molar-refractivity contribution in [3.63, 3.8) is 0 Å². The van der Waals surface area contributed by atoms with Gasteiger partial charge in [-0.25, -0.2) is 0 Å². The standard InChI is InChI=1S/C24H31NO4/c1-3-6-23(24(26)27)25-15-13-21(14-16-25)29-17-19-7-4-5-8-22(19)18-9-11-20(28-2)12-10-18/h4-5,7-12,21,23H,3,6,13-17H2,1-2H3,(H,26,27). The van der Waals surface area contributed by atoms with Crippen LogP contribution in [0.1, 0.15) is 38.2 Å². The zero-order chi connectivity index (χ0) is 20.6. The highest BCUT2D eigenvalue weighted by Gasteiger charge is 2.29. The van der Waals surface area contributed by atoms with Crippen molar-refractivity contribution in [3.8, 4) is 16.9 Å². The molecule has 0 amide bonds. The largest absolute Gasteiger partial charge is 0.497 e. The van der Waals surface area contributed by atoms with Crippen LogP contribution in [0.15, 0.2) is 48.5 Å². The maximum Gasteiger partial charge on any atom is 0.320 e. The number of hydrogen-bond donors (Lipinski definition) is 1. The normalized spacial score (nSPS) is 16.5. The van der Waals surface area contributed by atoms with Crippen molar-refractivity contribution in [1.82, 2.24) is 4.90 Å². The maximum absolute atomic E-state index is 11.5. The lowest BCUT2D eigenvalue weighted by Crippen LogP contribution is -2.47. The van der Waals surface area contributed by atoms with Gasteiger partial charge in [0.15, 0.2) is 0 Å². The van der Waals surface area contributed by atoms with Crippen molar-refractivity contribution in [2.75, 3.05) is 20.2 Å². The zero-order valence-electron chi connectivity index (χ0n) is 17.3. The van der Waals surface area contributed by atoms with Gasteiger partial charge >= 0.3 is 5.97 Å². The molecule has 0 bridgehead atoms. The van der Waals surface area contributed by atoms with Crippen LogP contribution in [-0.4, -0.2) is 48.3 Å². The Morgan fingerprint density at radius 2 is 1.83 bits per heavy atom. The summed E-state index contributed by atoms with van der Waals surface area (Å²) in [5.41, 5.74) is 3.47. The summed E-state index contributed by atoms with van der Waals surface area (Å²) >= 11 is 0. The van der Waals surface area contributed by atoms with Crippen LogP contribution in [0, 0.1) is 0 Å². The number of piperidine rings is 1. The van der Waals surface area contributed by atoms with E-state index in [1.54, 1.807) is 7.11 Å². The summed E-state index contributed by atoms with van der Waals surface area (Å²) in [5.74, 6) is 0.136. The minimum absolute atomic E-state index is 0.172. The fourth-order valence-corrected chi connectivity index (χ4v) is 4.00. The van der Waals surface area contributed by atoms with Crippen LogP contribution in [0.5, 0.6) is 5.75 Å². The van der Waals surface area contributed by atoms with Crippen LogP contribution in [-0.2, 0) is 16.1 Å². The van der Waals surface area contributed by atoms with Crippen molar-refractivity contribution >= 4 is 5.97 Å². The SMILES string of the molecule is CCCC(C(=O)O)N1CCC(OCc2ccccc2-c2ccc(OC)cc2)CC1. The molecule has 5 nitrogen and oxygen atoms in total. The van der Waals surface area contributed by atoms with Crippen molar-refractivity contribution < 1.29 is 19.4 Å². The summed E-state index contributed by atoms with van der Waals surface area (Å²) in [6.07, 6.45) is 3.51. The average molecular weight is 398 g/mol. The van der Waals surface area contributed by atoms with E-state index in [4.69, 9.17) is 9.47 Å². The summed E-state index contributed by atoms with van der Waals surface area (Å²) in [5, 5.41) is 9.47. The molecular weight excluding hydrogens is 366 g/mol. The molecule has 1 atom stereocenters. The minimum atomic E-state index is -0.709. The molecule has 0 spiro atoms. The molecule has 1 N–H and O–H groups in total. The van der Waals surface area contributed by atoms with E-state index in [1.807, 2.05) is 31.2 Å². The molecule has 1 heterocycles. The number of likely N-dealkylation sites (tertiary alicyclic amines) is 1. The van der Waals surface area contributed by atoms with Gasteiger partial charge in [0.25, 0.3) is 0 Å². The van der Waals surface area contributed by atoms with Crippen LogP contribution >= 0.6 is 0 Å². The molecule has 1 saturated heterocycles. The van der Waals surface area contributed by atoms with E-state index in [0.29, 0.717) is 13.0 Å². The third kappa shape index (κ3) is 5.58. The highest BCUT2D eigenvalue weighted by Crippen LogP contribution is 2.27. The van der Waals surface area contributed by atoms with Gasteiger partial charge in [0, 0.05) is 13.1 Å². The molecule has 156 valence electrons. The molecule has 5 heteroatoms. The zero-order valence-corrected chi connectivity index (χ0v) is 17.3. The van der Waals surface area contributed by atoms with Crippen LogP contribution < -0.4 is 4.74 Å². The molecule has 29 heavy (non-hydrogen) atoms. The summed E-state index contributed by atoms with van der Waals surface area (Å²) in [4.78, 5) is 13.6. The van der Waals surface area contributed by atoms with Crippen molar-refractivity contribution in [1.29, 1.82) is 0 Å². The first kappa shape index (κ1) is 21.3. The number of hydrogen-bond acceptors (Lipinski definition) is 4. The fraction of sp³-hybridized carbons (Fsp3) is 0.458. The third-order valence-electron chi connectivity index (χ3n) is 5.66. The Balaban J connectivity index is 1.58. The smallest absolute Gasteiger partial charge is 0.320 e. The maximum atomic E-state index is 11.5. The third-order valence-corrected chi connectivity index (χ3v) is 5.66. The van der Waals surface area contributed by atoms with Gasteiger partial charge in [0.05, 0.1) is 19.8 Å². The van der Waals surface area contributed by atoms with Crippen LogP contribution in [0.4, 0.5) is 0 Å². The minimum Gasteiger partial charge on any atom is -0.497 e. The Morgan fingerprint density at radius 1 is 1.14 bits per heavy atom. The highest BCUT2D eigenvalue weighted by molar-refractivity contribution is 5.73. The molecule has 1 fully saturated rings. The van der Waals surface area contributed by atoms with E-state index in [1.165, 1.54) is 5.56 Å². The topological polar surface area (TPSA) is 59.0 Å². The van der Waals surface area contributed by atoms with Gasteiger partial charge in [-0.2, -0.15) is 0 Å². The number of ether oxygens (including phenoxy) is 2. The van der Waals surface area contributed by atoms with E-state index in [-0.39, 0.29) is 12.1 Å². The summed E-state index contributed by atoms with van der Waals surface area (Å²) < 4.78 is 11.5. The second kappa shape index (κ2) is 10.4. The average Bonchev–Trinajstić information content (AvgIpc) is 2.76. The van der Waals surface area contributed by atoms with Gasteiger partial charge in [-0.3, -0.25) is 9.69 Å². The van der Waals surface area contributed by atoms with Crippen molar-refractivity contribution in [2.24, 2.45) is 0 Å². The number of carboxylic acid groups (broad SMARTS) is 1. The first-order chi connectivity index (χ1) is 14.1. The molecule has 3 rings (SSSR count). The Labute approximate surface area is 173 Å². The lowest BCUT2D eigenvalue weighted by Gasteiger charge is -2.35. The molecule has 0 radical (unpaired) electrons. The van der Waals surface area contributed by atoms with E-state index in [9.17, 15) is 9.90 Å². The molecule has 0 aliphatic carbocycles.